The molecule has 6 N–H and O–H groups in total. The van der Waals surface area contributed by atoms with E-state index in [1.54, 1.807) is 0 Å². The van der Waals surface area contributed by atoms with Crippen molar-refractivity contribution in [3.63, 3.8) is 0 Å². The van der Waals surface area contributed by atoms with Crippen molar-refractivity contribution < 1.29 is 9.18 Å². The smallest absolute Gasteiger partial charge is 0.234 e. The van der Waals surface area contributed by atoms with Crippen LogP contribution in [0.15, 0.2) is 29.3 Å². The maximum atomic E-state index is 12.6. The van der Waals surface area contributed by atoms with E-state index in [0.717, 1.165) is 11.8 Å². The average Bonchev–Trinajstić information content (AvgIpc) is 2.29. The summed E-state index contributed by atoms with van der Waals surface area (Å²) < 4.78 is 12.6. The van der Waals surface area contributed by atoms with Gasteiger partial charge in [0.1, 0.15) is 5.82 Å². The Morgan fingerprint density at radius 2 is 2.00 bits per heavy atom. The second-order valence-electron chi connectivity index (χ2n) is 3.19. The van der Waals surface area contributed by atoms with Crippen LogP contribution in [0.1, 0.15) is 0 Å². The lowest BCUT2D eigenvalue weighted by Gasteiger charge is -2.04. The second kappa shape index (κ2) is 6.60. The number of carbonyl (C=O) groups is 1. The van der Waals surface area contributed by atoms with Gasteiger partial charge in [0.05, 0.1) is 5.75 Å². The van der Waals surface area contributed by atoms with Crippen LogP contribution in [0.4, 0.5) is 10.1 Å². The molecular weight excluding hydrogens is 257 g/mol. The van der Waals surface area contributed by atoms with Gasteiger partial charge in [-0.05, 0) is 24.3 Å². The molecule has 96 valence electrons. The number of carbonyl (C=O) groups excluding carboxylic acids is 1. The van der Waals surface area contributed by atoms with Crippen molar-refractivity contribution in [3.05, 3.63) is 30.1 Å². The Labute approximate surface area is 107 Å². The molecule has 1 aromatic carbocycles. The number of rotatable bonds is 3. The molecule has 0 saturated heterocycles. The Kier molecular flexibility index (Phi) is 5.12. The van der Waals surface area contributed by atoms with Crippen LogP contribution in [-0.4, -0.2) is 22.8 Å². The van der Waals surface area contributed by atoms with Gasteiger partial charge >= 0.3 is 0 Å². The van der Waals surface area contributed by atoms with Crippen LogP contribution >= 0.6 is 11.8 Å². The Hall–Kier alpha value is -2.09. The molecule has 0 saturated carbocycles. The molecule has 0 spiro atoms. The van der Waals surface area contributed by atoms with Crippen molar-refractivity contribution in [1.29, 1.82) is 5.41 Å². The van der Waals surface area contributed by atoms with E-state index in [1.807, 2.05) is 0 Å². The minimum absolute atomic E-state index is 0.00695. The van der Waals surface area contributed by atoms with Crippen LogP contribution in [0.3, 0.4) is 0 Å². The van der Waals surface area contributed by atoms with E-state index in [9.17, 15) is 9.18 Å². The first-order chi connectivity index (χ1) is 8.47. The van der Waals surface area contributed by atoms with Crippen molar-refractivity contribution in [2.24, 2.45) is 16.5 Å². The molecule has 0 atom stereocenters. The molecule has 0 bridgehead atoms. The number of nitrogens with two attached hydrogens (primary N) is 2. The van der Waals surface area contributed by atoms with Crippen LogP contribution in [0, 0.1) is 11.2 Å². The van der Waals surface area contributed by atoms with Crippen molar-refractivity contribution in [2.45, 2.75) is 0 Å². The molecule has 1 aromatic rings. The molecule has 6 nitrogen and oxygen atoms in total. The maximum absolute atomic E-state index is 12.6. The van der Waals surface area contributed by atoms with Gasteiger partial charge < -0.3 is 16.8 Å². The molecule has 1 rings (SSSR count). The van der Waals surface area contributed by atoms with Gasteiger partial charge in [-0.2, -0.15) is 4.99 Å². The van der Waals surface area contributed by atoms with Crippen LogP contribution < -0.4 is 16.8 Å². The lowest BCUT2D eigenvalue weighted by atomic mass is 10.3. The van der Waals surface area contributed by atoms with Crippen molar-refractivity contribution in [3.8, 4) is 0 Å². The van der Waals surface area contributed by atoms with Crippen LogP contribution in [0.2, 0.25) is 0 Å². The van der Waals surface area contributed by atoms with E-state index in [2.05, 4.69) is 10.3 Å². The third kappa shape index (κ3) is 5.30. The highest BCUT2D eigenvalue weighted by Crippen LogP contribution is 2.10. The predicted molar refractivity (Wildman–Crippen MR) is 71.0 cm³/mol. The zero-order valence-electron chi connectivity index (χ0n) is 9.31. The number of aliphatic imine (C=N–C) groups is 1. The van der Waals surface area contributed by atoms with Crippen molar-refractivity contribution in [1.82, 2.24) is 0 Å². The van der Waals surface area contributed by atoms with E-state index in [0.29, 0.717) is 5.69 Å². The van der Waals surface area contributed by atoms with Gasteiger partial charge in [0.2, 0.25) is 5.91 Å². The molecule has 8 heteroatoms. The quantitative estimate of drug-likeness (QED) is 0.477. The number of nitrogens with zero attached hydrogens (tertiary/aromatic N) is 1. The van der Waals surface area contributed by atoms with Gasteiger partial charge in [-0.1, -0.05) is 11.8 Å². The van der Waals surface area contributed by atoms with Gasteiger partial charge in [0.25, 0.3) is 0 Å². The molecule has 18 heavy (non-hydrogen) atoms. The highest BCUT2D eigenvalue weighted by atomic mass is 32.2. The maximum Gasteiger partial charge on any atom is 0.234 e. The number of thioether (sulfide) groups is 1. The fraction of sp³-hybridized carbons (Fsp3) is 0.100. The third-order valence-electron chi connectivity index (χ3n) is 1.70. The molecular formula is C10H12FN5OS. The lowest BCUT2D eigenvalue weighted by molar-refractivity contribution is -0.113. The molecule has 0 radical (unpaired) electrons. The number of anilines is 1. The lowest BCUT2D eigenvalue weighted by Crippen LogP contribution is -2.24. The normalized spacial score (nSPS) is 9.61. The SMILES string of the molecule is N=C(N=C(N)N)SCC(=O)Nc1ccc(F)cc1. The highest BCUT2D eigenvalue weighted by molar-refractivity contribution is 8.14. The van der Waals surface area contributed by atoms with Gasteiger partial charge in [0, 0.05) is 5.69 Å². The number of hydrogen-bond acceptors (Lipinski definition) is 3. The molecule has 0 aliphatic heterocycles. The minimum atomic E-state index is -0.378. The number of halogens is 1. The number of amidine groups is 1. The summed E-state index contributed by atoms with van der Waals surface area (Å²) in [5, 5.41) is 9.70. The number of amides is 1. The second-order valence-corrected chi connectivity index (χ2v) is 4.15. The Morgan fingerprint density at radius 1 is 1.39 bits per heavy atom. The third-order valence-corrected chi connectivity index (χ3v) is 2.47. The van der Waals surface area contributed by atoms with Gasteiger partial charge in [-0.3, -0.25) is 10.2 Å². The standard InChI is InChI=1S/C10H12FN5OS/c11-6-1-3-7(4-2-6)15-8(17)5-18-10(14)16-9(12)13/h1-4H,5H2,(H,15,17)(H5,12,13,14,16). The zero-order chi connectivity index (χ0) is 13.5. The average molecular weight is 269 g/mol. The monoisotopic (exact) mass is 269 g/mol. The molecule has 0 aliphatic rings. The predicted octanol–water partition coefficient (Wildman–Crippen LogP) is 0.706. The minimum Gasteiger partial charge on any atom is -0.370 e. The van der Waals surface area contributed by atoms with Crippen molar-refractivity contribution in [2.75, 3.05) is 11.1 Å². The summed E-state index contributed by atoms with van der Waals surface area (Å²) in [6.07, 6.45) is 0. The Morgan fingerprint density at radius 3 is 2.56 bits per heavy atom. The molecule has 1 amide bonds. The highest BCUT2D eigenvalue weighted by Gasteiger charge is 2.05. The Bertz CT molecular complexity index is 470. The van der Waals surface area contributed by atoms with Gasteiger partial charge in [-0.15, -0.1) is 0 Å². The van der Waals surface area contributed by atoms with Crippen LogP contribution in [0.25, 0.3) is 0 Å². The largest absolute Gasteiger partial charge is 0.370 e. The Balaban J connectivity index is 2.40. The summed E-state index contributed by atoms with van der Waals surface area (Å²) in [6, 6.07) is 5.37. The van der Waals surface area contributed by atoms with Gasteiger partial charge in [-0.25, -0.2) is 4.39 Å². The van der Waals surface area contributed by atoms with E-state index >= 15 is 0 Å². The fourth-order valence-electron chi connectivity index (χ4n) is 1.01. The zero-order valence-corrected chi connectivity index (χ0v) is 10.1. The van der Waals surface area contributed by atoms with E-state index < -0.39 is 0 Å². The van der Waals surface area contributed by atoms with E-state index in [1.165, 1.54) is 24.3 Å². The first-order valence-electron chi connectivity index (χ1n) is 4.84. The van der Waals surface area contributed by atoms with E-state index in [4.69, 9.17) is 16.9 Å². The van der Waals surface area contributed by atoms with Crippen LogP contribution in [0.5, 0.6) is 0 Å². The number of guanidine groups is 1. The van der Waals surface area contributed by atoms with Crippen LogP contribution in [-0.2, 0) is 4.79 Å². The number of benzene rings is 1. The molecule has 0 aromatic heterocycles. The summed E-state index contributed by atoms with van der Waals surface area (Å²) in [4.78, 5) is 14.9. The fourth-order valence-corrected chi connectivity index (χ4v) is 1.52. The number of nitrogens with one attached hydrogen (secondary N) is 2. The summed E-state index contributed by atoms with van der Waals surface area (Å²) >= 11 is 0.885. The molecule has 0 fully saturated rings. The molecule has 0 unspecified atom stereocenters. The van der Waals surface area contributed by atoms with Gasteiger partial charge in [0.15, 0.2) is 11.1 Å². The van der Waals surface area contributed by atoms with E-state index in [-0.39, 0.29) is 28.6 Å². The summed E-state index contributed by atoms with van der Waals surface area (Å²) in [5.41, 5.74) is 10.6. The molecule has 0 heterocycles. The topological polar surface area (TPSA) is 117 Å². The summed E-state index contributed by atoms with van der Waals surface area (Å²) in [5.74, 6) is -0.946. The molecule has 0 aliphatic carbocycles. The first-order valence-corrected chi connectivity index (χ1v) is 5.82. The summed E-state index contributed by atoms with van der Waals surface area (Å²) in [6.45, 7) is 0. The van der Waals surface area contributed by atoms with Crippen molar-refractivity contribution >= 4 is 34.5 Å². The number of hydrogen-bond donors (Lipinski definition) is 4. The first kappa shape index (κ1) is 14.0. The summed E-state index contributed by atoms with van der Waals surface area (Å²) in [7, 11) is 0.